The molecule has 0 saturated carbocycles. The van der Waals surface area contributed by atoms with Gasteiger partial charge in [0.25, 0.3) is 5.82 Å². The molecule has 5 heteroatoms. The first-order valence-corrected chi connectivity index (χ1v) is 9.08. The summed E-state index contributed by atoms with van der Waals surface area (Å²) in [6.07, 6.45) is 1.84. The molecule has 4 nitrogen and oxygen atoms in total. The summed E-state index contributed by atoms with van der Waals surface area (Å²) in [7, 11) is 0. The molecular formula is C22H19ClN3O+. The summed E-state index contributed by atoms with van der Waals surface area (Å²) >= 11 is 6.48. The number of hydrogen-bond acceptors (Lipinski definition) is 3. The summed E-state index contributed by atoms with van der Waals surface area (Å²) in [6, 6.07) is 20.9. The first-order chi connectivity index (χ1) is 13.1. The molecular weight excluding hydrogens is 358 g/mol. The highest BCUT2D eigenvalue weighted by atomic mass is 35.5. The molecule has 0 saturated heterocycles. The number of aromatic amines is 1. The van der Waals surface area contributed by atoms with Gasteiger partial charge in [0.2, 0.25) is 0 Å². The number of aryl methyl sites for hydroxylation is 1. The Morgan fingerprint density at radius 1 is 0.963 bits per heavy atom. The first-order valence-electron chi connectivity index (χ1n) is 8.70. The second-order valence-electron chi connectivity index (χ2n) is 6.40. The second kappa shape index (κ2) is 7.25. The number of H-pyrrole nitrogens is 1. The zero-order valence-electron chi connectivity index (χ0n) is 14.8. The number of anilines is 1. The van der Waals surface area contributed by atoms with Crippen LogP contribution in [-0.4, -0.2) is 10.1 Å². The van der Waals surface area contributed by atoms with Crippen LogP contribution in [0.5, 0.6) is 5.75 Å². The van der Waals surface area contributed by atoms with E-state index < -0.39 is 0 Å². The SMILES string of the molecule is Cc1ccc2ccc([C@@H](Nc3cccc[nH+]3)c3ccccc3Cl)c(O)c2n1. The van der Waals surface area contributed by atoms with Crippen molar-refractivity contribution in [2.45, 2.75) is 13.0 Å². The number of halogens is 1. The van der Waals surface area contributed by atoms with Gasteiger partial charge in [0.15, 0.2) is 0 Å². The van der Waals surface area contributed by atoms with E-state index in [0.717, 1.165) is 22.5 Å². The van der Waals surface area contributed by atoms with Crippen LogP contribution in [-0.2, 0) is 0 Å². The van der Waals surface area contributed by atoms with Crippen LogP contribution in [0.4, 0.5) is 5.82 Å². The van der Waals surface area contributed by atoms with Gasteiger partial charge in [0, 0.05) is 33.3 Å². The number of benzene rings is 2. The summed E-state index contributed by atoms with van der Waals surface area (Å²) in [5.74, 6) is 0.976. The molecule has 2 heterocycles. The zero-order chi connectivity index (χ0) is 18.8. The lowest BCUT2D eigenvalue weighted by atomic mass is 9.96. The van der Waals surface area contributed by atoms with Gasteiger partial charge in [-0.2, -0.15) is 0 Å². The Kier molecular flexibility index (Phi) is 4.65. The van der Waals surface area contributed by atoms with E-state index >= 15 is 0 Å². The monoisotopic (exact) mass is 376 g/mol. The number of nitrogens with zero attached hydrogens (tertiary/aromatic N) is 1. The van der Waals surface area contributed by atoms with Crippen molar-refractivity contribution in [1.29, 1.82) is 0 Å². The highest BCUT2D eigenvalue weighted by molar-refractivity contribution is 6.31. The molecule has 27 heavy (non-hydrogen) atoms. The lowest BCUT2D eigenvalue weighted by Gasteiger charge is -2.18. The van der Waals surface area contributed by atoms with Crippen molar-refractivity contribution in [2.75, 3.05) is 5.32 Å². The van der Waals surface area contributed by atoms with Crippen LogP contribution in [0.1, 0.15) is 22.9 Å². The number of fused-ring (bicyclic) bond motifs is 1. The molecule has 0 fully saturated rings. The molecule has 2 aromatic carbocycles. The Labute approximate surface area is 162 Å². The van der Waals surface area contributed by atoms with Crippen LogP contribution >= 0.6 is 11.6 Å². The van der Waals surface area contributed by atoms with Crippen molar-refractivity contribution in [3.05, 3.63) is 94.8 Å². The molecule has 0 aliphatic rings. The standard InChI is InChI=1S/C22H18ClN3O/c1-14-9-10-15-11-12-17(22(27)20(15)25-14)21(16-6-2-3-7-18(16)23)26-19-8-4-5-13-24-19/h2-13,21,27H,1H3,(H,24,26)/p+1/t21-/m0/s1. The maximum absolute atomic E-state index is 11.0. The number of nitrogens with one attached hydrogen (secondary N) is 2. The Hall–Kier alpha value is -3.11. The predicted molar refractivity (Wildman–Crippen MR) is 108 cm³/mol. The molecule has 3 N–H and O–H groups in total. The molecule has 0 radical (unpaired) electrons. The largest absolute Gasteiger partial charge is 0.505 e. The zero-order valence-corrected chi connectivity index (χ0v) is 15.5. The van der Waals surface area contributed by atoms with E-state index in [1.165, 1.54) is 0 Å². The predicted octanol–water partition coefficient (Wildman–Crippen LogP) is 4.92. The smallest absolute Gasteiger partial charge is 0.272 e. The Bertz CT molecular complexity index is 1100. The molecule has 4 rings (SSSR count). The number of pyridine rings is 2. The van der Waals surface area contributed by atoms with Crippen LogP contribution in [0.2, 0.25) is 5.02 Å². The summed E-state index contributed by atoms with van der Waals surface area (Å²) in [5.41, 5.74) is 3.03. The minimum Gasteiger partial charge on any atom is -0.505 e. The molecule has 0 bridgehead atoms. The van der Waals surface area contributed by atoms with Crippen molar-refractivity contribution >= 4 is 28.3 Å². The van der Waals surface area contributed by atoms with E-state index in [-0.39, 0.29) is 11.8 Å². The van der Waals surface area contributed by atoms with Crippen LogP contribution in [0.25, 0.3) is 10.9 Å². The Morgan fingerprint density at radius 3 is 2.52 bits per heavy atom. The highest BCUT2D eigenvalue weighted by Gasteiger charge is 2.26. The molecule has 0 aliphatic heterocycles. The summed E-state index contributed by atoms with van der Waals surface area (Å²) < 4.78 is 0. The van der Waals surface area contributed by atoms with Gasteiger partial charge in [-0.15, -0.1) is 0 Å². The molecule has 4 aromatic rings. The number of rotatable bonds is 4. The first kappa shape index (κ1) is 17.3. The normalized spacial score (nSPS) is 12.1. The topological polar surface area (TPSA) is 59.3 Å². The van der Waals surface area contributed by atoms with Crippen LogP contribution in [0.3, 0.4) is 0 Å². The fourth-order valence-corrected chi connectivity index (χ4v) is 3.44. The van der Waals surface area contributed by atoms with Crippen molar-refractivity contribution in [2.24, 2.45) is 0 Å². The number of hydrogen-bond donors (Lipinski definition) is 2. The molecule has 0 unspecified atom stereocenters. The van der Waals surface area contributed by atoms with Crippen molar-refractivity contribution in [3.63, 3.8) is 0 Å². The average molecular weight is 377 g/mol. The third kappa shape index (κ3) is 3.44. The van der Waals surface area contributed by atoms with E-state index in [0.29, 0.717) is 16.1 Å². The third-order valence-corrected chi connectivity index (χ3v) is 4.89. The maximum atomic E-state index is 11.0. The highest BCUT2D eigenvalue weighted by Crippen LogP contribution is 2.38. The summed E-state index contributed by atoms with van der Waals surface area (Å²) in [5, 5.41) is 16.0. The molecule has 2 aromatic heterocycles. The van der Waals surface area contributed by atoms with Crippen LogP contribution in [0.15, 0.2) is 72.9 Å². The van der Waals surface area contributed by atoms with Gasteiger partial charge < -0.3 is 5.11 Å². The van der Waals surface area contributed by atoms with Crippen LogP contribution in [0, 0.1) is 6.92 Å². The van der Waals surface area contributed by atoms with Gasteiger partial charge in [0.1, 0.15) is 17.3 Å². The van der Waals surface area contributed by atoms with Gasteiger partial charge in [-0.1, -0.05) is 48.0 Å². The Morgan fingerprint density at radius 2 is 1.74 bits per heavy atom. The van der Waals surface area contributed by atoms with E-state index in [1.54, 1.807) is 0 Å². The average Bonchev–Trinajstić information content (AvgIpc) is 2.69. The van der Waals surface area contributed by atoms with Crippen molar-refractivity contribution < 1.29 is 10.1 Å². The maximum Gasteiger partial charge on any atom is 0.272 e. The molecule has 0 spiro atoms. The molecule has 0 amide bonds. The minimum absolute atomic E-state index is 0.157. The fraction of sp³-hybridized carbons (Fsp3) is 0.0909. The summed E-state index contributed by atoms with van der Waals surface area (Å²) in [4.78, 5) is 7.69. The number of phenolic OH excluding ortho intramolecular Hbond substituents is 1. The second-order valence-corrected chi connectivity index (χ2v) is 6.81. The minimum atomic E-state index is -0.343. The molecule has 134 valence electrons. The fourth-order valence-electron chi connectivity index (χ4n) is 3.19. The quantitative estimate of drug-likeness (QED) is 0.531. The van der Waals surface area contributed by atoms with Crippen molar-refractivity contribution in [1.82, 2.24) is 4.98 Å². The van der Waals surface area contributed by atoms with Gasteiger partial charge in [-0.05, 0) is 31.2 Å². The molecule has 0 aliphatic carbocycles. The summed E-state index contributed by atoms with van der Waals surface area (Å²) in [6.45, 7) is 1.91. The Balaban J connectivity index is 1.89. The third-order valence-electron chi connectivity index (χ3n) is 4.54. The number of aromatic hydroxyl groups is 1. The number of phenols is 1. The lowest BCUT2D eigenvalue weighted by molar-refractivity contribution is -0.361. The van der Waals surface area contributed by atoms with Gasteiger partial charge in [-0.3, -0.25) is 5.32 Å². The van der Waals surface area contributed by atoms with Gasteiger partial charge in [-0.25, -0.2) is 9.97 Å². The molecule has 1 atom stereocenters. The van der Waals surface area contributed by atoms with E-state index in [4.69, 9.17) is 11.6 Å². The van der Waals surface area contributed by atoms with E-state index in [2.05, 4.69) is 15.3 Å². The van der Waals surface area contributed by atoms with Crippen LogP contribution < -0.4 is 10.3 Å². The van der Waals surface area contributed by atoms with E-state index in [1.807, 2.05) is 79.9 Å². The number of aromatic nitrogens is 2. The van der Waals surface area contributed by atoms with Gasteiger partial charge >= 0.3 is 0 Å². The van der Waals surface area contributed by atoms with E-state index in [9.17, 15) is 5.11 Å². The van der Waals surface area contributed by atoms with Crippen molar-refractivity contribution in [3.8, 4) is 5.75 Å². The lowest BCUT2D eigenvalue weighted by Crippen LogP contribution is -2.19. The van der Waals surface area contributed by atoms with Gasteiger partial charge in [0.05, 0.1) is 6.20 Å².